The maximum absolute atomic E-state index is 14.2. The molecular formula is C25H27N3O6. The highest BCUT2D eigenvalue weighted by molar-refractivity contribution is 6.08. The van der Waals surface area contributed by atoms with Crippen molar-refractivity contribution in [1.82, 2.24) is 9.80 Å². The first kappa shape index (κ1) is 22.2. The van der Waals surface area contributed by atoms with Crippen molar-refractivity contribution in [3.05, 3.63) is 69.3 Å². The fraction of sp³-hybridized carbons (Fsp3) is 0.440. The molecule has 34 heavy (non-hydrogen) atoms. The maximum atomic E-state index is 14.2. The van der Waals surface area contributed by atoms with E-state index >= 15 is 0 Å². The van der Waals surface area contributed by atoms with Crippen LogP contribution in [0.1, 0.15) is 35.1 Å². The summed E-state index contributed by atoms with van der Waals surface area (Å²) in [4.78, 5) is 43.3. The summed E-state index contributed by atoms with van der Waals surface area (Å²) in [5.74, 6) is -0.563. The molecule has 178 valence electrons. The Morgan fingerprint density at radius 1 is 1.03 bits per heavy atom. The molecule has 0 unspecified atom stereocenters. The summed E-state index contributed by atoms with van der Waals surface area (Å²) in [6.07, 6.45) is 0.769. The Balaban J connectivity index is 1.76. The summed E-state index contributed by atoms with van der Waals surface area (Å²) in [6, 6.07) is 10.6. The molecule has 0 radical (unpaired) electrons. The molecule has 2 fully saturated rings. The summed E-state index contributed by atoms with van der Waals surface area (Å²) >= 11 is 0. The molecular weight excluding hydrogens is 438 g/mol. The Morgan fingerprint density at radius 2 is 1.71 bits per heavy atom. The van der Waals surface area contributed by atoms with Crippen molar-refractivity contribution in [3.63, 3.8) is 0 Å². The van der Waals surface area contributed by atoms with E-state index in [0.717, 1.165) is 5.56 Å². The third-order valence-electron chi connectivity index (χ3n) is 7.73. The first-order chi connectivity index (χ1) is 16.3. The number of ether oxygens (including phenoxy) is 2. The van der Waals surface area contributed by atoms with E-state index in [2.05, 4.69) is 0 Å². The zero-order valence-electron chi connectivity index (χ0n) is 19.4. The van der Waals surface area contributed by atoms with Gasteiger partial charge in [0.25, 0.3) is 0 Å². The van der Waals surface area contributed by atoms with Gasteiger partial charge in [-0.25, -0.2) is 0 Å². The molecule has 0 saturated carbocycles. The fourth-order valence-corrected chi connectivity index (χ4v) is 6.19. The first-order valence-corrected chi connectivity index (χ1v) is 11.3. The number of benzene rings is 2. The molecule has 2 amide bonds. The third kappa shape index (κ3) is 2.92. The number of carbonyl (C=O) groups is 2. The molecule has 2 aromatic rings. The Kier molecular flexibility index (Phi) is 5.22. The summed E-state index contributed by atoms with van der Waals surface area (Å²) in [6.45, 7) is 0.690. The van der Waals surface area contributed by atoms with Gasteiger partial charge in [-0.2, -0.15) is 0 Å². The quantitative estimate of drug-likeness (QED) is 0.390. The summed E-state index contributed by atoms with van der Waals surface area (Å²) in [5, 5.41) is 12.8. The topological polar surface area (TPSA) is 102 Å². The second kappa shape index (κ2) is 8.00. The van der Waals surface area contributed by atoms with E-state index in [4.69, 9.17) is 9.47 Å². The lowest BCUT2D eigenvalue weighted by atomic mass is 9.60. The van der Waals surface area contributed by atoms with Gasteiger partial charge in [0.1, 0.15) is 11.5 Å². The number of nitro groups is 1. The van der Waals surface area contributed by atoms with E-state index in [1.54, 1.807) is 49.4 Å². The number of piperidine rings is 1. The highest BCUT2D eigenvalue weighted by Gasteiger charge is 2.69. The molecule has 4 atom stereocenters. The Hall–Kier alpha value is -3.62. The molecule has 0 aliphatic carbocycles. The summed E-state index contributed by atoms with van der Waals surface area (Å²) < 4.78 is 10.9. The van der Waals surface area contributed by atoms with Gasteiger partial charge in [0.05, 0.1) is 20.1 Å². The number of nitrogens with zero attached hydrogens (tertiary/aromatic N) is 3. The predicted molar refractivity (Wildman–Crippen MR) is 122 cm³/mol. The molecule has 2 saturated heterocycles. The predicted octanol–water partition coefficient (Wildman–Crippen LogP) is 2.42. The van der Waals surface area contributed by atoms with Crippen molar-refractivity contribution in [1.29, 1.82) is 0 Å². The number of rotatable bonds is 4. The minimum absolute atomic E-state index is 0.257. The van der Waals surface area contributed by atoms with Gasteiger partial charge in [-0.1, -0.05) is 30.3 Å². The van der Waals surface area contributed by atoms with Crippen LogP contribution in [0.15, 0.2) is 42.5 Å². The average Bonchev–Trinajstić information content (AvgIpc) is 3.14. The lowest BCUT2D eigenvalue weighted by molar-refractivity contribution is -0.540. The van der Waals surface area contributed by atoms with Crippen LogP contribution in [0.2, 0.25) is 0 Å². The molecule has 3 aliphatic rings. The van der Waals surface area contributed by atoms with E-state index in [1.807, 2.05) is 12.1 Å². The highest BCUT2D eigenvalue weighted by atomic mass is 16.6. The van der Waals surface area contributed by atoms with Crippen LogP contribution in [0.4, 0.5) is 0 Å². The average molecular weight is 466 g/mol. The van der Waals surface area contributed by atoms with Crippen LogP contribution in [0.5, 0.6) is 11.5 Å². The Labute approximate surface area is 197 Å². The Morgan fingerprint density at radius 3 is 2.29 bits per heavy atom. The van der Waals surface area contributed by atoms with Crippen molar-refractivity contribution in [2.24, 2.45) is 5.41 Å². The molecule has 0 N–H and O–H groups in total. The van der Waals surface area contributed by atoms with Crippen molar-refractivity contribution >= 4 is 11.8 Å². The van der Waals surface area contributed by atoms with E-state index in [-0.39, 0.29) is 23.2 Å². The number of likely N-dealkylation sites (tertiary alicyclic amines) is 1. The SMILES string of the molecule is COc1cc2c(cc1OC)[C@@H]1[C@@H]([N+](=O)[O-])[C@H](c3ccccc3)[C@@]3(CCN(C)C3=O)C(=O)N1CC2. The van der Waals surface area contributed by atoms with Gasteiger partial charge in [0.2, 0.25) is 17.9 Å². The monoisotopic (exact) mass is 465 g/mol. The van der Waals surface area contributed by atoms with Crippen LogP contribution in [0.3, 0.4) is 0 Å². The van der Waals surface area contributed by atoms with E-state index in [9.17, 15) is 19.7 Å². The zero-order chi connectivity index (χ0) is 24.2. The van der Waals surface area contributed by atoms with Gasteiger partial charge in [-0.15, -0.1) is 0 Å². The number of carbonyl (C=O) groups excluding carboxylic acids is 2. The normalized spacial score (nSPS) is 28.0. The molecule has 5 rings (SSSR count). The number of hydrogen-bond acceptors (Lipinski definition) is 6. The molecule has 2 aromatic carbocycles. The molecule has 3 heterocycles. The van der Waals surface area contributed by atoms with Crippen LogP contribution in [-0.2, 0) is 16.0 Å². The number of fused-ring (bicyclic) bond motifs is 3. The van der Waals surface area contributed by atoms with Gasteiger partial charge >= 0.3 is 0 Å². The second-order valence-corrected chi connectivity index (χ2v) is 9.21. The van der Waals surface area contributed by atoms with E-state index in [0.29, 0.717) is 42.1 Å². The van der Waals surface area contributed by atoms with Gasteiger partial charge in [0.15, 0.2) is 11.5 Å². The van der Waals surface area contributed by atoms with Crippen LogP contribution in [-0.4, -0.2) is 66.9 Å². The van der Waals surface area contributed by atoms with Crippen molar-refractivity contribution in [2.75, 3.05) is 34.4 Å². The minimum atomic E-state index is -1.49. The van der Waals surface area contributed by atoms with Crippen LogP contribution >= 0.6 is 0 Å². The van der Waals surface area contributed by atoms with Crippen molar-refractivity contribution < 1.29 is 24.0 Å². The van der Waals surface area contributed by atoms with E-state index in [1.165, 1.54) is 12.0 Å². The Bertz CT molecular complexity index is 1170. The lowest BCUT2D eigenvalue weighted by Crippen LogP contribution is -2.65. The first-order valence-electron chi connectivity index (χ1n) is 11.3. The maximum Gasteiger partial charge on any atom is 0.245 e. The molecule has 0 aromatic heterocycles. The number of hydrogen-bond donors (Lipinski definition) is 0. The molecule has 0 bridgehead atoms. The van der Waals surface area contributed by atoms with Crippen LogP contribution in [0, 0.1) is 15.5 Å². The van der Waals surface area contributed by atoms with Gasteiger partial charge in [0, 0.05) is 25.1 Å². The highest BCUT2D eigenvalue weighted by Crippen LogP contribution is 2.57. The summed E-state index contributed by atoms with van der Waals surface area (Å²) in [7, 11) is 4.71. The van der Waals surface area contributed by atoms with Crippen molar-refractivity contribution in [3.8, 4) is 11.5 Å². The number of amides is 2. The standard InChI is InChI=1S/C25H27N3O6/c1-26-12-10-25(23(26)29)20(15-7-5-4-6-8-15)22(28(31)32)21-17-14-19(34-3)18(33-2)13-16(17)9-11-27(21)24(25)30/h4-8,13-14,20-22H,9-12H2,1-3H3/t20-,21+,22-,25+/m0/s1. The fourth-order valence-electron chi connectivity index (χ4n) is 6.19. The number of methoxy groups -OCH3 is 2. The van der Waals surface area contributed by atoms with Crippen LogP contribution < -0.4 is 9.47 Å². The van der Waals surface area contributed by atoms with Gasteiger partial charge in [-0.05, 0) is 41.7 Å². The molecule has 1 spiro atoms. The lowest BCUT2D eigenvalue weighted by Gasteiger charge is -2.51. The van der Waals surface area contributed by atoms with Crippen molar-refractivity contribution in [2.45, 2.75) is 30.8 Å². The largest absolute Gasteiger partial charge is 0.493 e. The zero-order valence-corrected chi connectivity index (χ0v) is 19.4. The smallest absolute Gasteiger partial charge is 0.245 e. The summed E-state index contributed by atoms with van der Waals surface area (Å²) in [5.41, 5.74) is 0.705. The molecule has 9 heteroatoms. The van der Waals surface area contributed by atoms with Gasteiger partial charge < -0.3 is 19.3 Å². The molecule has 3 aliphatic heterocycles. The third-order valence-corrected chi connectivity index (χ3v) is 7.73. The van der Waals surface area contributed by atoms with Crippen LogP contribution in [0.25, 0.3) is 0 Å². The van der Waals surface area contributed by atoms with Gasteiger partial charge in [-0.3, -0.25) is 19.7 Å². The molecule has 9 nitrogen and oxygen atoms in total. The minimum Gasteiger partial charge on any atom is -0.493 e. The second-order valence-electron chi connectivity index (χ2n) is 9.21. The van der Waals surface area contributed by atoms with E-state index < -0.39 is 23.4 Å².